The quantitative estimate of drug-likeness (QED) is 0.642. The zero-order valence-corrected chi connectivity index (χ0v) is 14.2. The molecule has 0 saturated heterocycles. The molecule has 23 heavy (non-hydrogen) atoms. The Kier molecular flexibility index (Phi) is 3.80. The number of pyridine rings is 1. The summed E-state index contributed by atoms with van der Waals surface area (Å²) in [6.07, 6.45) is 3.75. The van der Waals surface area contributed by atoms with Crippen molar-refractivity contribution in [1.29, 1.82) is 0 Å². The molecule has 0 spiro atoms. The van der Waals surface area contributed by atoms with Crippen LogP contribution in [0.2, 0.25) is 0 Å². The van der Waals surface area contributed by atoms with Crippen LogP contribution in [0.15, 0.2) is 60.4 Å². The van der Waals surface area contributed by atoms with Crippen molar-refractivity contribution in [3.05, 3.63) is 71.7 Å². The third-order valence-corrected chi connectivity index (χ3v) is 4.73. The van der Waals surface area contributed by atoms with Crippen LogP contribution >= 0.6 is 0 Å². The molecule has 0 unspecified atom stereocenters. The van der Waals surface area contributed by atoms with E-state index in [0.717, 1.165) is 11.4 Å². The van der Waals surface area contributed by atoms with Gasteiger partial charge in [0.05, 0.1) is 0 Å². The molecule has 0 saturated carbocycles. The number of ketones is 1. The number of para-hydroxylation sites is 1. The van der Waals surface area contributed by atoms with Crippen molar-refractivity contribution < 1.29 is 9.36 Å². The van der Waals surface area contributed by atoms with Gasteiger partial charge < -0.3 is 4.90 Å². The molecule has 1 aromatic heterocycles. The van der Waals surface area contributed by atoms with Gasteiger partial charge in [0.1, 0.15) is 0 Å². The molecule has 118 valence electrons. The number of likely N-dealkylation sites (N-methyl/N-ethyl adjacent to an activating group) is 1. The van der Waals surface area contributed by atoms with Crippen LogP contribution in [0.5, 0.6) is 0 Å². The molecule has 0 atom stereocenters. The highest BCUT2D eigenvalue weighted by Gasteiger charge is 2.38. The lowest BCUT2D eigenvalue weighted by Crippen LogP contribution is -2.40. The molecule has 3 nitrogen and oxygen atoms in total. The molecule has 1 aromatic carbocycles. The van der Waals surface area contributed by atoms with E-state index in [1.54, 1.807) is 6.08 Å². The number of hydrogen-bond donors (Lipinski definition) is 0. The Morgan fingerprint density at radius 1 is 1.17 bits per heavy atom. The number of rotatable bonds is 3. The monoisotopic (exact) mass is 307 g/mol. The summed E-state index contributed by atoms with van der Waals surface area (Å²) in [4.78, 5) is 14.7. The van der Waals surface area contributed by atoms with Crippen molar-refractivity contribution in [3.63, 3.8) is 0 Å². The van der Waals surface area contributed by atoms with Gasteiger partial charge in [-0.15, -0.1) is 0 Å². The van der Waals surface area contributed by atoms with Gasteiger partial charge in [-0.05, 0) is 11.6 Å². The van der Waals surface area contributed by atoms with Crippen LogP contribution in [0.1, 0.15) is 25.1 Å². The van der Waals surface area contributed by atoms with Gasteiger partial charge in [0.15, 0.2) is 11.9 Å². The lowest BCUT2D eigenvalue weighted by atomic mass is 9.83. The fourth-order valence-corrected chi connectivity index (χ4v) is 3.36. The fourth-order valence-electron chi connectivity index (χ4n) is 3.36. The summed E-state index contributed by atoms with van der Waals surface area (Å²) in [5.74, 6) is 0.118. The molecule has 3 rings (SSSR count). The molecule has 2 heterocycles. The van der Waals surface area contributed by atoms with E-state index in [1.165, 1.54) is 11.3 Å². The minimum absolute atomic E-state index is 0.118. The second-order valence-corrected chi connectivity index (χ2v) is 6.67. The number of aromatic nitrogens is 1. The molecule has 0 fully saturated rings. The van der Waals surface area contributed by atoms with Gasteiger partial charge >= 0.3 is 0 Å². The summed E-state index contributed by atoms with van der Waals surface area (Å²) < 4.78 is 1.98. The van der Waals surface area contributed by atoms with Crippen molar-refractivity contribution in [1.82, 2.24) is 0 Å². The number of allylic oxidation sites excluding steroid dienone is 2. The first kappa shape index (κ1) is 15.5. The van der Waals surface area contributed by atoms with Crippen LogP contribution in [0, 0.1) is 6.92 Å². The number of carbonyl (C=O) groups excluding carboxylic acids is 1. The Balaban J connectivity index is 1.91. The Morgan fingerprint density at radius 2 is 1.87 bits per heavy atom. The predicted octanol–water partition coefficient (Wildman–Crippen LogP) is 3.16. The number of benzene rings is 1. The standard InChI is InChI=1S/C20H23N2O/c1-15-9-7-8-12-22(15)14-16(23)13-19-20(2,3)17-10-5-6-11-18(17)21(19)4/h5-13H,14H2,1-4H3/q+1/b19-13+. The SMILES string of the molecule is Cc1cccc[n+]1CC(=O)/C=C1/N(C)c2ccccc2C1(C)C. The maximum atomic E-state index is 12.6. The van der Waals surface area contributed by atoms with E-state index in [0.29, 0.717) is 6.54 Å². The van der Waals surface area contributed by atoms with Crippen molar-refractivity contribution in [2.45, 2.75) is 32.7 Å². The van der Waals surface area contributed by atoms with Gasteiger partial charge in [-0.2, -0.15) is 4.57 Å². The highest BCUT2D eigenvalue weighted by Crippen LogP contribution is 2.46. The number of carbonyl (C=O) groups is 1. The maximum absolute atomic E-state index is 12.6. The summed E-state index contributed by atoms with van der Waals surface area (Å²) in [5, 5.41) is 0. The number of aryl methyl sites for hydroxylation is 1. The van der Waals surface area contributed by atoms with Crippen molar-refractivity contribution in [2.24, 2.45) is 0 Å². The number of nitrogens with zero attached hydrogens (tertiary/aromatic N) is 2. The molecule has 1 aliphatic heterocycles. The average Bonchev–Trinajstić information content (AvgIpc) is 2.71. The minimum atomic E-state index is -0.155. The second-order valence-electron chi connectivity index (χ2n) is 6.67. The van der Waals surface area contributed by atoms with Crippen LogP contribution in [-0.2, 0) is 16.8 Å². The molecular weight excluding hydrogens is 284 g/mol. The molecule has 1 aliphatic rings. The van der Waals surface area contributed by atoms with E-state index in [9.17, 15) is 4.79 Å². The normalized spacial score (nSPS) is 17.4. The van der Waals surface area contributed by atoms with E-state index < -0.39 is 0 Å². The summed E-state index contributed by atoms with van der Waals surface area (Å²) in [6, 6.07) is 14.3. The Bertz CT molecular complexity index is 790. The first-order chi connectivity index (χ1) is 10.9. The molecule has 2 aromatic rings. The highest BCUT2D eigenvalue weighted by atomic mass is 16.1. The van der Waals surface area contributed by atoms with E-state index >= 15 is 0 Å². The molecule has 0 aliphatic carbocycles. The van der Waals surface area contributed by atoms with E-state index in [2.05, 4.69) is 36.9 Å². The average molecular weight is 307 g/mol. The molecule has 0 radical (unpaired) electrons. The van der Waals surface area contributed by atoms with Gasteiger partial charge in [0, 0.05) is 49.0 Å². The van der Waals surface area contributed by atoms with Crippen LogP contribution in [0.3, 0.4) is 0 Å². The Hall–Kier alpha value is -2.42. The van der Waals surface area contributed by atoms with Gasteiger partial charge in [-0.3, -0.25) is 4.79 Å². The summed E-state index contributed by atoms with van der Waals surface area (Å²) in [7, 11) is 2.04. The van der Waals surface area contributed by atoms with Crippen LogP contribution in [0.4, 0.5) is 5.69 Å². The number of fused-ring (bicyclic) bond motifs is 1. The van der Waals surface area contributed by atoms with E-state index in [4.69, 9.17) is 0 Å². The lowest BCUT2D eigenvalue weighted by molar-refractivity contribution is -0.689. The van der Waals surface area contributed by atoms with Crippen molar-refractivity contribution in [3.8, 4) is 0 Å². The highest BCUT2D eigenvalue weighted by molar-refractivity contribution is 5.91. The lowest BCUT2D eigenvalue weighted by Gasteiger charge is -2.23. The number of anilines is 1. The third kappa shape index (κ3) is 2.67. The zero-order chi connectivity index (χ0) is 16.6. The minimum Gasteiger partial charge on any atom is -0.347 e. The van der Waals surface area contributed by atoms with Gasteiger partial charge in [-0.25, -0.2) is 0 Å². The zero-order valence-electron chi connectivity index (χ0n) is 14.2. The van der Waals surface area contributed by atoms with Crippen molar-refractivity contribution >= 4 is 11.5 Å². The molecular formula is C20H23N2O+. The van der Waals surface area contributed by atoms with E-state index in [1.807, 2.05) is 49.0 Å². The summed E-state index contributed by atoms with van der Waals surface area (Å²) in [6.45, 7) is 6.74. The van der Waals surface area contributed by atoms with Crippen LogP contribution in [-0.4, -0.2) is 12.8 Å². The summed E-state index contributed by atoms with van der Waals surface area (Å²) in [5.41, 5.74) is 4.43. The van der Waals surface area contributed by atoms with Gasteiger partial charge in [-0.1, -0.05) is 38.1 Å². The predicted molar refractivity (Wildman–Crippen MR) is 92.3 cm³/mol. The van der Waals surface area contributed by atoms with Gasteiger partial charge in [0.25, 0.3) is 0 Å². The first-order valence-corrected chi connectivity index (χ1v) is 7.94. The summed E-state index contributed by atoms with van der Waals surface area (Å²) >= 11 is 0. The fraction of sp³-hybridized carbons (Fsp3) is 0.300. The third-order valence-electron chi connectivity index (χ3n) is 4.73. The van der Waals surface area contributed by atoms with Crippen molar-refractivity contribution in [2.75, 3.05) is 11.9 Å². The van der Waals surface area contributed by atoms with E-state index in [-0.39, 0.29) is 11.2 Å². The largest absolute Gasteiger partial charge is 0.347 e. The topological polar surface area (TPSA) is 24.2 Å². The maximum Gasteiger partial charge on any atom is 0.222 e. The Labute approximate surface area is 137 Å². The second kappa shape index (κ2) is 5.65. The molecule has 0 N–H and O–H groups in total. The Morgan fingerprint density at radius 3 is 2.57 bits per heavy atom. The molecule has 0 bridgehead atoms. The first-order valence-electron chi connectivity index (χ1n) is 7.94. The van der Waals surface area contributed by atoms with Gasteiger partial charge in [0.2, 0.25) is 12.3 Å². The molecule has 3 heteroatoms. The van der Waals surface area contributed by atoms with Crippen LogP contribution in [0.25, 0.3) is 0 Å². The smallest absolute Gasteiger partial charge is 0.222 e. The number of hydrogen-bond acceptors (Lipinski definition) is 2. The van der Waals surface area contributed by atoms with Crippen LogP contribution < -0.4 is 9.47 Å². The molecule has 0 amide bonds.